The largest absolute Gasteiger partial charge is 0.417 e. The van der Waals surface area contributed by atoms with Crippen LogP contribution in [0, 0.1) is 17.3 Å². The van der Waals surface area contributed by atoms with E-state index in [0.717, 1.165) is 31.4 Å². The first-order valence-corrected chi connectivity index (χ1v) is 36.3. The van der Waals surface area contributed by atoms with Crippen LogP contribution in [-0.2, 0) is 22.5 Å². The van der Waals surface area contributed by atoms with Gasteiger partial charge in [-0.1, -0.05) is 140 Å². The number of Topliss-reactive ketones (excluding diaryl/α,β-unsaturated/α-hetero) is 1. The number of hydrogen-bond acceptors (Lipinski definition) is 6. The fourth-order valence-electron chi connectivity index (χ4n) is 6.77. The molecule has 1 aromatic rings. The van der Waals surface area contributed by atoms with Crippen LogP contribution in [0.15, 0.2) is 41.1 Å². The second-order valence-electron chi connectivity index (χ2n) is 25.5. The third kappa shape index (κ3) is 17.7. The fraction of sp³-hybridized carbons (Fsp3) is 0.808. The summed E-state index contributed by atoms with van der Waals surface area (Å²) in [7, 11) is -8.62. The van der Waals surface area contributed by atoms with Gasteiger partial charge in [0.1, 0.15) is 5.78 Å². The third-order valence-electron chi connectivity index (χ3n) is 15.7. The Bertz CT molecular complexity index is 1630. The number of rotatable bonds is 24. The summed E-state index contributed by atoms with van der Waals surface area (Å²) in [6, 6.07) is 5.87. The molecular weight excluding hydrogens is 866 g/mol. The molecule has 0 aliphatic heterocycles. The molecule has 1 aromatic heterocycles. The minimum absolute atomic E-state index is 0.00513. The maximum Gasteiger partial charge on any atom is 0.192 e. The molecule has 63 heavy (non-hydrogen) atoms. The van der Waals surface area contributed by atoms with E-state index < -0.39 is 38.7 Å². The molecule has 0 saturated carbocycles. The molecular formula is C52H100ClNO5Si4. The lowest BCUT2D eigenvalue weighted by molar-refractivity contribution is -0.142. The zero-order valence-corrected chi connectivity index (χ0v) is 50.4. The van der Waals surface area contributed by atoms with E-state index in [4.69, 9.17) is 29.3 Å². The first kappa shape index (κ1) is 60.3. The van der Waals surface area contributed by atoms with E-state index >= 15 is 4.79 Å². The lowest BCUT2D eigenvalue weighted by Crippen LogP contribution is -2.55. The molecule has 6 nitrogen and oxygen atoms in total. The lowest BCUT2D eigenvalue weighted by Gasteiger charge is -2.47. The zero-order chi connectivity index (χ0) is 49.4. The Labute approximate surface area is 399 Å². The Hall–Kier alpha value is -0.702. The fourth-order valence-corrected chi connectivity index (χ4v) is 12.4. The van der Waals surface area contributed by atoms with Gasteiger partial charge in [-0.25, -0.2) is 0 Å². The van der Waals surface area contributed by atoms with Crippen LogP contribution in [0.2, 0.25) is 72.5 Å². The van der Waals surface area contributed by atoms with Gasteiger partial charge in [0.05, 0.1) is 24.0 Å². The summed E-state index contributed by atoms with van der Waals surface area (Å²) >= 11 is 7.06. The maximum absolute atomic E-state index is 15.4. The average molecular weight is 967 g/mol. The molecule has 0 aliphatic rings. The molecule has 0 aromatic carbocycles. The minimum atomic E-state index is -2.26. The number of carbonyl (C=O) groups is 1. The van der Waals surface area contributed by atoms with Crippen molar-refractivity contribution in [3.8, 4) is 0 Å². The Balaban J connectivity index is 3.54. The first-order chi connectivity index (χ1) is 28.1. The highest BCUT2D eigenvalue weighted by Gasteiger charge is 2.50. The number of aromatic nitrogens is 1. The van der Waals surface area contributed by atoms with Crippen LogP contribution in [0.4, 0.5) is 0 Å². The highest BCUT2D eigenvalue weighted by atomic mass is 35.5. The van der Waals surface area contributed by atoms with Crippen LogP contribution in [0.25, 0.3) is 6.08 Å². The molecule has 0 bridgehead atoms. The maximum atomic E-state index is 15.4. The summed E-state index contributed by atoms with van der Waals surface area (Å²) in [5.74, 6) is 0.189. The summed E-state index contributed by atoms with van der Waals surface area (Å²) in [6.07, 6.45) is 10.4. The molecule has 0 spiro atoms. The van der Waals surface area contributed by atoms with Gasteiger partial charge in [0, 0.05) is 29.2 Å². The molecule has 0 radical (unpaired) electrons. The Morgan fingerprint density at radius 2 is 1.22 bits per heavy atom. The van der Waals surface area contributed by atoms with E-state index in [1.165, 1.54) is 5.57 Å². The minimum Gasteiger partial charge on any atom is -0.417 e. The quantitative estimate of drug-likeness (QED) is 0.0760. The number of allylic oxidation sites excluding steroid dienone is 1. The second-order valence-corrected chi connectivity index (χ2v) is 45.0. The van der Waals surface area contributed by atoms with Crippen molar-refractivity contribution in [3.63, 3.8) is 0 Å². The number of carbonyl (C=O) groups excluding carboxylic acids is 1. The van der Waals surface area contributed by atoms with Crippen molar-refractivity contribution in [3.05, 3.63) is 46.8 Å². The Kier molecular flexibility index (Phi) is 22.1. The molecule has 5 atom stereocenters. The van der Waals surface area contributed by atoms with Crippen LogP contribution >= 0.6 is 11.6 Å². The Morgan fingerprint density at radius 1 is 0.730 bits per heavy atom. The van der Waals surface area contributed by atoms with E-state index in [9.17, 15) is 0 Å². The Morgan fingerprint density at radius 3 is 1.68 bits per heavy atom. The van der Waals surface area contributed by atoms with E-state index in [1.807, 2.05) is 24.3 Å². The van der Waals surface area contributed by atoms with Crippen molar-refractivity contribution in [2.45, 2.75) is 247 Å². The predicted molar refractivity (Wildman–Crippen MR) is 286 cm³/mol. The predicted octanol–water partition coefficient (Wildman–Crippen LogP) is 17.0. The van der Waals surface area contributed by atoms with Crippen LogP contribution in [0.1, 0.15) is 162 Å². The number of nitrogens with zero attached hydrogens (tertiary/aromatic N) is 1. The van der Waals surface area contributed by atoms with Crippen LogP contribution < -0.4 is 0 Å². The average Bonchev–Trinajstić information content (AvgIpc) is 3.10. The molecule has 1 heterocycles. The van der Waals surface area contributed by atoms with Gasteiger partial charge in [0.2, 0.25) is 0 Å². The summed E-state index contributed by atoms with van der Waals surface area (Å²) < 4.78 is 28.4. The summed E-state index contributed by atoms with van der Waals surface area (Å²) in [6.45, 7) is 57.5. The molecule has 0 N–H and O–H groups in total. The van der Waals surface area contributed by atoms with Crippen molar-refractivity contribution < 1.29 is 22.5 Å². The van der Waals surface area contributed by atoms with Crippen molar-refractivity contribution in [1.29, 1.82) is 0 Å². The van der Waals surface area contributed by atoms with Crippen molar-refractivity contribution >= 4 is 56.7 Å². The summed E-state index contributed by atoms with van der Waals surface area (Å²) in [4.78, 5) is 19.9. The normalized spacial score (nSPS) is 17.4. The SMILES string of the molecule is CCC(C(=O)C(C)(C)C(CCO[Si](C)(C)C(C)(C)C)O[Si](C)(C)C(C)(C)C)C(O[Si](C)(C)C(C)(C)C)C(C)CCCC(C)=CCC(O[Si](C)(C)C(C)(C)C)C(Cl)=Cc1ccccn1. The number of pyridine rings is 1. The van der Waals surface area contributed by atoms with Gasteiger partial charge in [0.25, 0.3) is 0 Å². The highest BCUT2D eigenvalue weighted by Crippen LogP contribution is 2.46. The highest BCUT2D eigenvalue weighted by molar-refractivity contribution is 6.75. The third-order valence-corrected chi connectivity index (χ3v) is 34.1. The van der Waals surface area contributed by atoms with Gasteiger partial charge < -0.3 is 17.7 Å². The number of hydrogen-bond donors (Lipinski definition) is 0. The van der Waals surface area contributed by atoms with E-state index in [2.05, 4.69) is 181 Å². The van der Waals surface area contributed by atoms with Crippen molar-refractivity contribution in [2.24, 2.45) is 17.3 Å². The number of halogens is 1. The summed E-state index contributed by atoms with van der Waals surface area (Å²) in [5, 5.41) is 0.847. The van der Waals surface area contributed by atoms with E-state index in [1.54, 1.807) is 6.20 Å². The molecule has 0 saturated heterocycles. The second kappa shape index (κ2) is 23.1. The standard InChI is InChI=1S/C52H100ClNO5Si4/c1-26-42(47(55)52(16,17)45(58-62(22,23)50(10,11)12)35-37-56-60(18,19)48(4,5)6)46(59-63(24,25)51(13,14)15)40(3)31-29-30-39(2)33-34-44(57-61(20,21)49(7,8)9)43(53)38-41-32-27-28-36-54-41/h27-28,32-33,36,38,40,42,44-46H,26,29-31,34-35,37H2,1-25H3. The molecule has 11 heteroatoms. The van der Waals surface area contributed by atoms with E-state index in [-0.39, 0.29) is 56.1 Å². The van der Waals surface area contributed by atoms with Gasteiger partial charge in [-0.3, -0.25) is 9.78 Å². The smallest absolute Gasteiger partial charge is 0.192 e. The molecule has 5 unspecified atom stereocenters. The zero-order valence-electron chi connectivity index (χ0n) is 45.7. The van der Waals surface area contributed by atoms with Gasteiger partial charge in [0.15, 0.2) is 33.3 Å². The number of ketones is 1. The van der Waals surface area contributed by atoms with Crippen LogP contribution in [-0.4, -0.2) is 69.0 Å². The van der Waals surface area contributed by atoms with Gasteiger partial charge in [-0.05, 0) is 142 Å². The van der Waals surface area contributed by atoms with Gasteiger partial charge in [-0.15, -0.1) is 0 Å². The van der Waals surface area contributed by atoms with Crippen molar-refractivity contribution in [2.75, 3.05) is 6.61 Å². The molecule has 366 valence electrons. The first-order valence-electron chi connectivity index (χ1n) is 24.3. The molecule has 0 aliphatic carbocycles. The molecule has 0 fully saturated rings. The monoisotopic (exact) mass is 966 g/mol. The lowest BCUT2D eigenvalue weighted by atomic mass is 9.71. The molecule has 0 amide bonds. The molecule has 1 rings (SSSR count). The van der Waals surface area contributed by atoms with Crippen molar-refractivity contribution in [1.82, 2.24) is 4.98 Å². The van der Waals surface area contributed by atoms with Crippen LogP contribution in [0.5, 0.6) is 0 Å². The van der Waals surface area contributed by atoms with E-state index in [0.29, 0.717) is 24.5 Å². The topological polar surface area (TPSA) is 66.9 Å². The van der Waals surface area contributed by atoms with Gasteiger partial charge in [-0.2, -0.15) is 0 Å². The summed E-state index contributed by atoms with van der Waals surface area (Å²) in [5.41, 5.74) is 1.41. The van der Waals surface area contributed by atoms with Crippen LogP contribution in [0.3, 0.4) is 0 Å². The van der Waals surface area contributed by atoms with Gasteiger partial charge >= 0.3 is 0 Å².